The van der Waals surface area contributed by atoms with Gasteiger partial charge >= 0.3 is 0 Å². The second kappa shape index (κ2) is 6.16. The van der Waals surface area contributed by atoms with Crippen LogP contribution in [-0.4, -0.2) is 16.0 Å². The molecular formula is C15H17N3O2. The van der Waals surface area contributed by atoms with Crippen LogP contribution in [0.2, 0.25) is 0 Å². The van der Waals surface area contributed by atoms with Gasteiger partial charge in [0.05, 0.1) is 17.7 Å². The second-order valence-electron chi connectivity index (χ2n) is 4.73. The zero-order valence-electron chi connectivity index (χ0n) is 11.2. The van der Waals surface area contributed by atoms with Gasteiger partial charge in [0.15, 0.2) is 0 Å². The molecule has 1 amide bonds. The van der Waals surface area contributed by atoms with Gasteiger partial charge in [0, 0.05) is 12.4 Å². The Hall–Kier alpha value is -2.40. The number of hydrogen-bond acceptors (Lipinski definition) is 4. The van der Waals surface area contributed by atoms with Gasteiger partial charge in [0.2, 0.25) is 5.91 Å². The molecule has 0 aliphatic rings. The van der Waals surface area contributed by atoms with E-state index < -0.39 is 5.60 Å². The summed E-state index contributed by atoms with van der Waals surface area (Å²) in [7, 11) is 0. The van der Waals surface area contributed by atoms with Crippen LogP contribution in [0.25, 0.3) is 0 Å². The number of nitrogens with one attached hydrogen (secondary N) is 2. The van der Waals surface area contributed by atoms with Crippen LogP contribution in [0.15, 0.2) is 54.9 Å². The van der Waals surface area contributed by atoms with E-state index in [2.05, 4.69) is 15.8 Å². The van der Waals surface area contributed by atoms with Crippen molar-refractivity contribution in [3.05, 3.63) is 60.4 Å². The molecule has 2 aromatic rings. The summed E-state index contributed by atoms with van der Waals surface area (Å²) >= 11 is 0. The third kappa shape index (κ3) is 3.80. The Balaban J connectivity index is 1.91. The minimum atomic E-state index is -1.20. The first kappa shape index (κ1) is 14.0. The topological polar surface area (TPSA) is 74.2 Å². The number of anilines is 1. The Kier molecular flexibility index (Phi) is 4.32. The lowest BCUT2D eigenvalue weighted by Gasteiger charge is -2.23. The average Bonchev–Trinajstić information content (AvgIpc) is 2.47. The van der Waals surface area contributed by atoms with Gasteiger partial charge in [-0.15, -0.1) is 0 Å². The van der Waals surface area contributed by atoms with Gasteiger partial charge in [-0.05, 0) is 24.6 Å². The molecule has 0 saturated heterocycles. The van der Waals surface area contributed by atoms with Crippen molar-refractivity contribution < 1.29 is 9.90 Å². The first-order valence-electron chi connectivity index (χ1n) is 6.31. The van der Waals surface area contributed by atoms with E-state index >= 15 is 0 Å². The predicted octanol–water partition coefficient (Wildman–Crippen LogP) is 1.82. The molecule has 0 fully saturated rings. The van der Waals surface area contributed by atoms with Crippen LogP contribution >= 0.6 is 0 Å². The third-order valence-electron chi connectivity index (χ3n) is 2.93. The zero-order chi connectivity index (χ0) is 14.4. The Labute approximate surface area is 117 Å². The molecule has 0 aliphatic heterocycles. The Bertz CT molecular complexity index is 556. The Morgan fingerprint density at radius 3 is 2.50 bits per heavy atom. The molecule has 2 rings (SSSR count). The number of nitrogens with zero attached hydrogens (tertiary/aromatic N) is 1. The molecule has 0 aliphatic carbocycles. The highest BCUT2D eigenvalue weighted by molar-refractivity contribution is 5.78. The summed E-state index contributed by atoms with van der Waals surface area (Å²) in [4.78, 5) is 15.7. The molecule has 1 aromatic carbocycles. The molecule has 5 nitrogen and oxygen atoms in total. The van der Waals surface area contributed by atoms with Crippen molar-refractivity contribution in [2.75, 3.05) is 5.43 Å². The van der Waals surface area contributed by atoms with Crippen LogP contribution in [0.4, 0.5) is 5.69 Å². The fourth-order valence-corrected chi connectivity index (χ4v) is 1.83. The van der Waals surface area contributed by atoms with Crippen molar-refractivity contribution in [3.8, 4) is 0 Å². The summed E-state index contributed by atoms with van der Waals surface area (Å²) in [6.07, 6.45) is 3.21. The van der Waals surface area contributed by atoms with Gasteiger partial charge in [-0.2, -0.15) is 0 Å². The highest BCUT2D eigenvalue weighted by Crippen LogP contribution is 2.23. The normalized spacial score (nSPS) is 13.3. The number of rotatable bonds is 5. The fraction of sp³-hybridized carbons (Fsp3) is 0.200. The van der Waals surface area contributed by atoms with Crippen molar-refractivity contribution >= 4 is 11.6 Å². The van der Waals surface area contributed by atoms with Gasteiger partial charge in [0.1, 0.15) is 0 Å². The van der Waals surface area contributed by atoms with Crippen molar-refractivity contribution in [2.45, 2.75) is 18.9 Å². The first-order chi connectivity index (χ1) is 9.58. The molecule has 1 aromatic heterocycles. The maximum Gasteiger partial charge on any atom is 0.241 e. The van der Waals surface area contributed by atoms with E-state index in [1.165, 1.54) is 0 Å². The predicted molar refractivity (Wildman–Crippen MR) is 76.6 cm³/mol. The Morgan fingerprint density at radius 2 is 1.85 bits per heavy atom. The number of benzene rings is 1. The van der Waals surface area contributed by atoms with E-state index in [0.717, 1.165) is 5.69 Å². The van der Waals surface area contributed by atoms with Crippen molar-refractivity contribution in [2.24, 2.45) is 0 Å². The number of carbonyl (C=O) groups excluding carboxylic acids is 1. The van der Waals surface area contributed by atoms with Gasteiger partial charge < -0.3 is 5.11 Å². The van der Waals surface area contributed by atoms with Crippen LogP contribution in [0, 0.1) is 0 Å². The van der Waals surface area contributed by atoms with E-state index in [-0.39, 0.29) is 12.3 Å². The average molecular weight is 271 g/mol. The molecular weight excluding hydrogens is 254 g/mol. The monoisotopic (exact) mass is 271 g/mol. The lowest BCUT2D eigenvalue weighted by molar-refractivity contribution is -0.125. The number of pyridine rings is 1. The van der Waals surface area contributed by atoms with Crippen LogP contribution in [-0.2, 0) is 10.4 Å². The van der Waals surface area contributed by atoms with Crippen LogP contribution in [0.3, 0.4) is 0 Å². The first-order valence-corrected chi connectivity index (χ1v) is 6.31. The highest BCUT2D eigenvalue weighted by atomic mass is 16.3. The van der Waals surface area contributed by atoms with Gasteiger partial charge in [0.25, 0.3) is 0 Å². The van der Waals surface area contributed by atoms with Gasteiger partial charge in [-0.25, -0.2) is 0 Å². The summed E-state index contributed by atoms with van der Waals surface area (Å²) in [5, 5.41) is 10.4. The molecule has 1 unspecified atom stereocenters. The molecule has 104 valence electrons. The Morgan fingerprint density at radius 1 is 1.20 bits per heavy atom. The summed E-state index contributed by atoms with van der Waals surface area (Å²) in [6, 6.07) is 12.6. The molecule has 0 spiro atoms. The summed E-state index contributed by atoms with van der Waals surface area (Å²) in [5.74, 6) is -0.296. The van der Waals surface area contributed by atoms with E-state index in [4.69, 9.17) is 0 Å². The van der Waals surface area contributed by atoms with E-state index in [0.29, 0.717) is 5.56 Å². The van der Waals surface area contributed by atoms with Crippen LogP contribution in [0.1, 0.15) is 18.9 Å². The number of aromatic nitrogens is 1. The second-order valence-corrected chi connectivity index (χ2v) is 4.73. The van der Waals surface area contributed by atoms with Crippen molar-refractivity contribution in [3.63, 3.8) is 0 Å². The third-order valence-corrected chi connectivity index (χ3v) is 2.93. The van der Waals surface area contributed by atoms with Crippen molar-refractivity contribution in [1.82, 2.24) is 10.4 Å². The molecule has 1 atom stereocenters. The maximum atomic E-state index is 11.9. The molecule has 3 N–H and O–H groups in total. The minimum absolute atomic E-state index is 0.0326. The highest BCUT2D eigenvalue weighted by Gasteiger charge is 2.26. The van der Waals surface area contributed by atoms with Gasteiger partial charge in [-0.3, -0.25) is 20.6 Å². The molecule has 5 heteroatoms. The van der Waals surface area contributed by atoms with E-state index in [9.17, 15) is 9.90 Å². The van der Waals surface area contributed by atoms with Crippen LogP contribution in [0.5, 0.6) is 0 Å². The molecule has 0 radical (unpaired) electrons. The van der Waals surface area contributed by atoms with Crippen LogP contribution < -0.4 is 10.9 Å². The molecule has 20 heavy (non-hydrogen) atoms. The molecule has 0 bridgehead atoms. The lowest BCUT2D eigenvalue weighted by Crippen LogP contribution is -2.35. The largest absolute Gasteiger partial charge is 0.385 e. The molecule has 1 heterocycles. The lowest BCUT2D eigenvalue weighted by atomic mass is 9.92. The number of amides is 1. The van der Waals surface area contributed by atoms with Gasteiger partial charge in [-0.1, -0.05) is 30.3 Å². The SMILES string of the molecule is CC(O)(CC(=O)NNc1ccncc1)c1ccccc1. The number of carbonyl (C=O) groups is 1. The standard InChI is InChI=1S/C15H17N3O2/c1-15(20,12-5-3-2-4-6-12)11-14(19)18-17-13-7-9-16-10-8-13/h2-10,20H,11H2,1H3,(H,16,17)(H,18,19). The van der Waals surface area contributed by atoms with E-state index in [1.54, 1.807) is 43.6 Å². The van der Waals surface area contributed by atoms with Crippen molar-refractivity contribution in [1.29, 1.82) is 0 Å². The minimum Gasteiger partial charge on any atom is -0.385 e. The van der Waals surface area contributed by atoms with E-state index in [1.807, 2.05) is 18.2 Å². The fourth-order valence-electron chi connectivity index (χ4n) is 1.83. The summed E-state index contributed by atoms with van der Waals surface area (Å²) in [5.41, 5.74) is 5.55. The maximum absolute atomic E-state index is 11.9. The number of aliphatic hydroxyl groups is 1. The smallest absolute Gasteiger partial charge is 0.241 e. The number of hydrazine groups is 1. The zero-order valence-corrected chi connectivity index (χ0v) is 11.2. The quantitative estimate of drug-likeness (QED) is 0.725. The summed E-state index contributed by atoms with van der Waals surface area (Å²) < 4.78 is 0. The molecule has 0 saturated carbocycles. The number of hydrogen-bond donors (Lipinski definition) is 3. The summed E-state index contributed by atoms with van der Waals surface area (Å²) in [6.45, 7) is 1.62.